The predicted molar refractivity (Wildman–Crippen MR) is 91.2 cm³/mol. The van der Waals surface area contributed by atoms with Crippen LogP contribution in [-0.4, -0.2) is 25.9 Å². The van der Waals surface area contributed by atoms with Crippen molar-refractivity contribution in [2.75, 3.05) is 5.32 Å². The lowest BCUT2D eigenvalue weighted by Gasteiger charge is -2.09. The molecule has 0 aliphatic rings. The minimum atomic E-state index is -0.469. The van der Waals surface area contributed by atoms with E-state index in [0.717, 1.165) is 0 Å². The summed E-state index contributed by atoms with van der Waals surface area (Å²) < 4.78 is 26.7. The first-order valence-electron chi connectivity index (χ1n) is 7.64. The summed E-state index contributed by atoms with van der Waals surface area (Å²) in [4.78, 5) is 21.1. The summed E-state index contributed by atoms with van der Waals surface area (Å²) in [7, 11) is 0. The molecule has 0 aliphatic heterocycles. The molecule has 2 aromatic heterocycles. The molecule has 0 spiro atoms. The van der Waals surface area contributed by atoms with Gasteiger partial charge in [0.1, 0.15) is 23.3 Å². The number of benzene rings is 2. The molecule has 0 amide bonds. The van der Waals surface area contributed by atoms with Crippen LogP contribution in [0.1, 0.15) is 16.2 Å². The van der Waals surface area contributed by atoms with Crippen molar-refractivity contribution in [1.29, 1.82) is 0 Å². The van der Waals surface area contributed by atoms with Crippen LogP contribution >= 0.6 is 0 Å². The van der Waals surface area contributed by atoms with Gasteiger partial charge in [-0.1, -0.05) is 0 Å². The number of fused-ring (bicyclic) bond motifs is 1. The van der Waals surface area contributed by atoms with Gasteiger partial charge in [-0.25, -0.2) is 18.7 Å². The van der Waals surface area contributed by atoms with Gasteiger partial charge in [0.2, 0.25) is 11.6 Å². The number of ketones is 1. The first-order valence-corrected chi connectivity index (χ1v) is 7.64. The van der Waals surface area contributed by atoms with E-state index in [-0.39, 0.29) is 17.2 Å². The average Bonchev–Trinajstić information content (AvgIpc) is 3.15. The van der Waals surface area contributed by atoms with Crippen molar-refractivity contribution in [3.63, 3.8) is 0 Å². The zero-order valence-electron chi connectivity index (χ0n) is 13.2. The Morgan fingerprint density at radius 1 is 0.962 bits per heavy atom. The van der Waals surface area contributed by atoms with E-state index in [1.807, 2.05) is 0 Å². The molecule has 6 nitrogen and oxygen atoms in total. The lowest BCUT2D eigenvalue weighted by Crippen LogP contribution is -2.10. The molecular formula is C18H11F2N5O. The van der Waals surface area contributed by atoms with Crippen molar-refractivity contribution in [3.8, 4) is 0 Å². The maximum Gasteiger partial charge on any atom is 0.230 e. The summed E-state index contributed by atoms with van der Waals surface area (Å²) in [6.07, 6.45) is 1.54. The molecule has 2 aromatic carbocycles. The van der Waals surface area contributed by atoms with E-state index in [1.165, 1.54) is 48.7 Å². The van der Waals surface area contributed by atoms with Crippen LogP contribution in [0.2, 0.25) is 0 Å². The summed E-state index contributed by atoms with van der Waals surface area (Å²) in [6, 6.07) is 10.7. The third kappa shape index (κ3) is 3.00. The van der Waals surface area contributed by atoms with E-state index < -0.39 is 17.4 Å². The smallest absolute Gasteiger partial charge is 0.230 e. The average molecular weight is 351 g/mol. The molecule has 0 saturated carbocycles. The Morgan fingerprint density at radius 2 is 1.73 bits per heavy atom. The van der Waals surface area contributed by atoms with Gasteiger partial charge >= 0.3 is 0 Å². The van der Waals surface area contributed by atoms with Gasteiger partial charge in [-0.2, -0.15) is 5.10 Å². The molecule has 128 valence electrons. The van der Waals surface area contributed by atoms with Gasteiger partial charge in [-0.15, -0.1) is 0 Å². The van der Waals surface area contributed by atoms with Crippen LogP contribution in [0.5, 0.6) is 0 Å². The molecule has 2 heterocycles. The van der Waals surface area contributed by atoms with E-state index in [9.17, 15) is 13.6 Å². The van der Waals surface area contributed by atoms with Gasteiger partial charge in [-0.05, 0) is 42.5 Å². The molecule has 26 heavy (non-hydrogen) atoms. The van der Waals surface area contributed by atoms with Gasteiger partial charge in [0, 0.05) is 17.0 Å². The van der Waals surface area contributed by atoms with Gasteiger partial charge < -0.3 is 5.32 Å². The fraction of sp³-hybridized carbons (Fsp3) is 0. The third-order valence-electron chi connectivity index (χ3n) is 3.72. The number of H-pyrrole nitrogens is 1. The van der Waals surface area contributed by atoms with Crippen molar-refractivity contribution in [2.24, 2.45) is 0 Å². The molecule has 0 aliphatic carbocycles. The van der Waals surface area contributed by atoms with Crippen LogP contribution in [0, 0.1) is 11.6 Å². The Labute approximate surface area is 145 Å². The van der Waals surface area contributed by atoms with Gasteiger partial charge in [0.25, 0.3) is 0 Å². The quantitative estimate of drug-likeness (QED) is 0.549. The number of carbonyl (C=O) groups excluding carboxylic acids is 1. The minimum Gasteiger partial charge on any atom is -0.325 e. The van der Waals surface area contributed by atoms with E-state index in [0.29, 0.717) is 16.7 Å². The molecule has 4 rings (SSSR count). The number of rotatable bonds is 4. The van der Waals surface area contributed by atoms with Crippen LogP contribution in [0.15, 0.2) is 54.7 Å². The van der Waals surface area contributed by atoms with Crippen molar-refractivity contribution in [1.82, 2.24) is 20.2 Å². The number of carbonyl (C=O) groups is 1. The first kappa shape index (κ1) is 15.8. The molecule has 0 unspecified atom stereocenters. The zero-order valence-corrected chi connectivity index (χ0v) is 13.2. The number of hydrogen-bond acceptors (Lipinski definition) is 5. The second kappa shape index (κ2) is 6.32. The SMILES string of the molecule is O=C(c1ccc(F)cc1)c1nc(Nc2ccn[nH]2)c2cc(F)ccc2n1. The predicted octanol–water partition coefficient (Wildman–Crippen LogP) is 3.61. The third-order valence-corrected chi connectivity index (χ3v) is 3.72. The largest absolute Gasteiger partial charge is 0.325 e. The van der Waals surface area contributed by atoms with E-state index >= 15 is 0 Å². The Bertz CT molecular complexity index is 1090. The number of nitrogens with one attached hydrogen (secondary N) is 2. The Kier molecular flexibility index (Phi) is 3.85. The topological polar surface area (TPSA) is 83.6 Å². The second-order valence-corrected chi connectivity index (χ2v) is 5.49. The van der Waals surface area contributed by atoms with Crippen molar-refractivity contribution in [3.05, 3.63) is 77.8 Å². The number of nitrogens with zero attached hydrogens (tertiary/aromatic N) is 3. The molecule has 0 radical (unpaired) electrons. The maximum absolute atomic E-state index is 13.7. The van der Waals surface area contributed by atoms with E-state index in [2.05, 4.69) is 25.5 Å². The lowest BCUT2D eigenvalue weighted by atomic mass is 10.1. The van der Waals surface area contributed by atoms with Crippen LogP contribution in [0.4, 0.5) is 20.4 Å². The molecule has 8 heteroatoms. The number of halogens is 2. The van der Waals surface area contributed by atoms with Crippen molar-refractivity contribution >= 4 is 28.3 Å². The first-order chi connectivity index (χ1) is 12.6. The molecule has 0 atom stereocenters. The second-order valence-electron chi connectivity index (χ2n) is 5.49. The highest BCUT2D eigenvalue weighted by atomic mass is 19.1. The summed E-state index contributed by atoms with van der Waals surface area (Å²) in [5.41, 5.74) is 0.647. The monoisotopic (exact) mass is 351 g/mol. The number of aromatic nitrogens is 4. The minimum absolute atomic E-state index is 0.0854. The van der Waals surface area contributed by atoms with E-state index in [1.54, 1.807) is 6.07 Å². The highest BCUT2D eigenvalue weighted by molar-refractivity contribution is 6.08. The summed E-state index contributed by atoms with van der Waals surface area (Å²) in [6.45, 7) is 0. The molecule has 0 saturated heterocycles. The maximum atomic E-state index is 13.7. The summed E-state index contributed by atoms with van der Waals surface area (Å²) in [5, 5.41) is 9.91. The van der Waals surface area contributed by atoms with Gasteiger partial charge in [0.05, 0.1) is 11.7 Å². The van der Waals surface area contributed by atoms with Crippen LogP contribution in [0.3, 0.4) is 0 Å². The van der Waals surface area contributed by atoms with Crippen molar-refractivity contribution in [2.45, 2.75) is 0 Å². The normalized spacial score (nSPS) is 10.8. The van der Waals surface area contributed by atoms with Crippen LogP contribution < -0.4 is 5.32 Å². The van der Waals surface area contributed by atoms with Gasteiger partial charge in [-0.3, -0.25) is 9.89 Å². The highest BCUT2D eigenvalue weighted by Gasteiger charge is 2.17. The fourth-order valence-corrected chi connectivity index (χ4v) is 2.48. The lowest BCUT2D eigenvalue weighted by molar-refractivity contribution is 0.103. The number of aromatic amines is 1. The summed E-state index contributed by atoms with van der Waals surface area (Å²) >= 11 is 0. The zero-order chi connectivity index (χ0) is 18.1. The number of hydrogen-bond donors (Lipinski definition) is 2. The molecule has 0 bridgehead atoms. The van der Waals surface area contributed by atoms with E-state index in [4.69, 9.17) is 0 Å². The Hall–Kier alpha value is -3.68. The molecule has 2 N–H and O–H groups in total. The molecule has 4 aromatic rings. The van der Waals surface area contributed by atoms with Crippen LogP contribution in [-0.2, 0) is 0 Å². The van der Waals surface area contributed by atoms with Crippen LogP contribution in [0.25, 0.3) is 10.9 Å². The highest BCUT2D eigenvalue weighted by Crippen LogP contribution is 2.24. The molecule has 0 fully saturated rings. The summed E-state index contributed by atoms with van der Waals surface area (Å²) in [5.74, 6) is -0.676. The van der Waals surface area contributed by atoms with Crippen molar-refractivity contribution < 1.29 is 13.6 Å². The Balaban J connectivity index is 1.83. The van der Waals surface area contributed by atoms with Gasteiger partial charge in [0.15, 0.2) is 0 Å². The fourth-order valence-electron chi connectivity index (χ4n) is 2.48. The Morgan fingerprint density at radius 3 is 2.46 bits per heavy atom. The standard InChI is InChI=1S/C18H11F2N5O/c19-11-3-1-10(2-4-11)16(26)18-22-14-6-5-12(20)9-13(14)17(24-18)23-15-7-8-21-25-15/h1-9H,(H2,21,22,23,24,25). The number of anilines is 2. The molecular weight excluding hydrogens is 340 g/mol.